The summed E-state index contributed by atoms with van der Waals surface area (Å²) in [5, 5.41) is 2.88. The van der Waals surface area contributed by atoms with E-state index in [9.17, 15) is 9.18 Å². The maximum atomic E-state index is 13.1. The monoisotopic (exact) mass is 325 g/mol. The fraction of sp³-hybridized carbons (Fsp3) is 0.263. The molecule has 0 unspecified atom stereocenters. The molecule has 0 saturated carbocycles. The molecule has 4 nitrogen and oxygen atoms in total. The largest absolute Gasteiger partial charge is 0.355 e. The van der Waals surface area contributed by atoms with Gasteiger partial charge in [0.15, 0.2) is 0 Å². The predicted octanol–water partition coefficient (Wildman–Crippen LogP) is 2.92. The van der Waals surface area contributed by atoms with Crippen LogP contribution in [0.3, 0.4) is 0 Å². The number of fused-ring (bicyclic) bond motifs is 1. The number of rotatable bonds is 5. The lowest BCUT2D eigenvalue weighted by Crippen LogP contribution is -2.27. The first-order chi connectivity index (χ1) is 11.5. The Balaban J connectivity index is 1.55. The van der Waals surface area contributed by atoms with Crippen LogP contribution in [0.2, 0.25) is 0 Å². The minimum Gasteiger partial charge on any atom is -0.355 e. The topological polar surface area (TPSA) is 46.9 Å². The van der Waals surface area contributed by atoms with Crippen LogP contribution >= 0.6 is 0 Å². The third-order valence-electron chi connectivity index (χ3n) is 4.16. The van der Waals surface area contributed by atoms with Crippen LogP contribution in [0.15, 0.2) is 42.5 Å². The number of hydrogen-bond acceptors (Lipinski definition) is 2. The molecule has 5 heteroatoms. The van der Waals surface area contributed by atoms with Gasteiger partial charge < -0.3 is 9.88 Å². The van der Waals surface area contributed by atoms with E-state index in [2.05, 4.69) is 33.1 Å². The normalized spacial score (nSPS) is 11.0. The first-order valence-electron chi connectivity index (χ1n) is 7.96. The number of aromatic nitrogens is 2. The van der Waals surface area contributed by atoms with Crippen molar-refractivity contribution in [2.24, 2.45) is 7.05 Å². The standard InChI is InChI=1S/C19H20FN3O/c1-13-22-17-11-14(6-7-18(17)23(13)2)8-9-21-19(24)12-15-4-3-5-16(20)10-15/h3-7,10-11H,8-9,12H2,1-2H3,(H,21,24). The SMILES string of the molecule is Cc1nc2cc(CCNC(=O)Cc3cccc(F)c3)ccc2n1C. The Morgan fingerprint density at radius 1 is 1.21 bits per heavy atom. The average molecular weight is 325 g/mol. The van der Waals surface area contributed by atoms with Crippen molar-refractivity contribution in [1.82, 2.24) is 14.9 Å². The second-order valence-electron chi connectivity index (χ2n) is 5.95. The number of nitrogens with zero attached hydrogens (tertiary/aromatic N) is 2. The number of amides is 1. The number of carbonyl (C=O) groups excluding carboxylic acids is 1. The van der Waals surface area contributed by atoms with Crippen molar-refractivity contribution in [2.75, 3.05) is 6.54 Å². The Kier molecular flexibility index (Phi) is 4.60. The predicted molar refractivity (Wildman–Crippen MR) is 92.3 cm³/mol. The summed E-state index contributed by atoms with van der Waals surface area (Å²) in [5.41, 5.74) is 3.88. The van der Waals surface area contributed by atoms with E-state index >= 15 is 0 Å². The first-order valence-corrected chi connectivity index (χ1v) is 7.96. The van der Waals surface area contributed by atoms with E-state index in [1.165, 1.54) is 12.1 Å². The van der Waals surface area contributed by atoms with Gasteiger partial charge in [0.25, 0.3) is 0 Å². The van der Waals surface area contributed by atoms with Gasteiger partial charge in [-0.05, 0) is 48.7 Å². The lowest BCUT2D eigenvalue weighted by molar-refractivity contribution is -0.120. The quantitative estimate of drug-likeness (QED) is 0.784. The molecular weight excluding hydrogens is 305 g/mol. The third kappa shape index (κ3) is 3.62. The van der Waals surface area contributed by atoms with Crippen molar-refractivity contribution >= 4 is 16.9 Å². The highest BCUT2D eigenvalue weighted by molar-refractivity contribution is 5.79. The Hall–Kier alpha value is -2.69. The number of halogens is 1. The van der Waals surface area contributed by atoms with Crippen molar-refractivity contribution in [1.29, 1.82) is 0 Å². The molecule has 1 aromatic heterocycles. The second-order valence-corrected chi connectivity index (χ2v) is 5.95. The summed E-state index contributed by atoms with van der Waals surface area (Å²) in [6.07, 6.45) is 0.927. The number of benzene rings is 2. The Morgan fingerprint density at radius 2 is 2.04 bits per heavy atom. The molecule has 0 atom stereocenters. The molecule has 24 heavy (non-hydrogen) atoms. The van der Waals surface area contributed by atoms with Gasteiger partial charge in [-0.2, -0.15) is 0 Å². The van der Waals surface area contributed by atoms with Crippen molar-refractivity contribution < 1.29 is 9.18 Å². The van der Waals surface area contributed by atoms with Gasteiger partial charge >= 0.3 is 0 Å². The summed E-state index contributed by atoms with van der Waals surface area (Å²) in [6.45, 7) is 2.53. The number of nitrogens with one attached hydrogen (secondary N) is 1. The van der Waals surface area contributed by atoms with Gasteiger partial charge in [0, 0.05) is 13.6 Å². The molecule has 0 aliphatic carbocycles. The van der Waals surface area contributed by atoms with Crippen LogP contribution in [-0.4, -0.2) is 22.0 Å². The van der Waals surface area contributed by atoms with Crippen LogP contribution in [-0.2, 0) is 24.7 Å². The zero-order valence-corrected chi connectivity index (χ0v) is 13.8. The highest BCUT2D eigenvalue weighted by Gasteiger charge is 2.06. The molecule has 0 bridgehead atoms. The lowest BCUT2D eigenvalue weighted by Gasteiger charge is -2.06. The van der Waals surface area contributed by atoms with E-state index in [1.54, 1.807) is 12.1 Å². The lowest BCUT2D eigenvalue weighted by atomic mass is 10.1. The molecule has 1 N–H and O–H groups in total. The molecule has 0 aliphatic heterocycles. The van der Waals surface area contributed by atoms with Crippen LogP contribution in [0.1, 0.15) is 17.0 Å². The van der Waals surface area contributed by atoms with E-state index in [-0.39, 0.29) is 18.1 Å². The van der Waals surface area contributed by atoms with E-state index < -0.39 is 0 Å². The van der Waals surface area contributed by atoms with Crippen LogP contribution in [0.25, 0.3) is 11.0 Å². The minimum atomic E-state index is -0.320. The van der Waals surface area contributed by atoms with Gasteiger partial charge in [-0.15, -0.1) is 0 Å². The van der Waals surface area contributed by atoms with Crippen LogP contribution in [0, 0.1) is 12.7 Å². The van der Waals surface area contributed by atoms with Crippen molar-refractivity contribution in [2.45, 2.75) is 19.8 Å². The molecular formula is C19H20FN3O. The first kappa shape index (κ1) is 16.2. The summed E-state index contributed by atoms with van der Waals surface area (Å²) in [5.74, 6) is 0.556. The fourth-order valence-electron chi connectivity index (χ4n) is 2.76. The zero-order valence-electron chi connectivity index (χ0n) is 13.8. The molecule has 1 amide bonds. The molecule has 1 heterocycles. The highest BCUT2D eigenvalue weighted by Crippen LogP contribution is 2.16. The Morgan fingerprint density at radius 3 is 2.83 bits per heavy atom. The van der Waals surface area contributed by atoms with E-state index in [0.717, 1.165) is 28.8 Å². The maximum absolute atomic E-state index is 13.1. The van der Waals surface area contributed by atoms with Crippen LogP contribution < -0.4 is 5.32 Å². The molecule has 0 aliphatic rings. The molecule has 0 saturated heterocycles. The van der Waals surface area contributed by atoms with E-state index in [4.69, 9.17) is 0 Å². The number of imidazole rings is 1. The summed E-state index contributed by atoms with van der Waals surface area (Å²) >= 11 is 0. The molecule has 0 fully saturated rings. The summed E-state index contributed by atoms with van der Waals surface area (Å²) in [6, 6.07) is 12.3. The molecule has 124 valence electrons. The molecule has 3 aromatic rings. The minimum absolute atomic E-state index is 0.102. The van der Waals surface area contributed by atoms with E-state index in [0.29, 0.717) is 12.1 Å². The molecule has 0 radical (unpaired) electrons. The smallest absolute Gasteiger partial charge is 0.224 e. The van der Waals surface area contributed by atoms with Crippen molar-refractivity contribution in [3.8, 4) is 0 Å². The molecule has 3 rings (SSSR count). The van der Waals surface area contributed by atoms with Gasteiger partial charge in [0.2, 0.25) is 5.91 Å². The summed E-state index contributed by atoms with van der Waals surface area (Å²) in [4.78, 5) is 16.4. The highest BCUT2D eigenvalue weighted by atomic mass is 19.1. The van der Waals surface area contributed by atoms with Crippen molar-refractivity contribution in [3.63, 3.8) is 0 Å². The van der Waals surface area contributed by atoms with E-state index in [1.807, 2.05) is 14.0 Å². The zero-order chi connectivity index (χ0) is 17.1. The molecule has 2 aromatic carbocycles. The number of aryl methyl sites for hydroxylation is 2. The van der Waals surface area contributed by atoms with Gasteiger partial charge in [0.1, 0.15) is 11.6 Å². The van der Waals surface area contributed by atoms with Gasteiger partial charge in [-0.25, -0.2) is 9.37 Å². The van der Waals surface area contributed by atoms with Crippen LogP contribution in [0.5, 0.6) is 0 Å². The van der Waals surface area contributed by atoms with Gasteiger partial charge in [0.05, 0.1) is 17.5 Å². The third-order valence-corrected chi connectivity index (χ3v) is 4.16. The Bertz CT molecular complexity index is 885. The fourth-order valence-corrected chi connectivity index (χ4v) is 2.76. The Labute approximate surface area is 140 Å². The van der Waals surface area contributed by atoms with Crippen LogP contribution in [0.4, 0.5) is 4.39 Å². The maximum Gasteiger partial charge on any atom is 0.224 e. The van der Waals surface area contributed by atoms with Crippen molar-refractivity contribution in [3.05, 3.63) is 65.2 Å². The second kappa shape index (κ2) is 6.83. The number of carbonyl (C=O) groups is 1. The van der Waals surface area contributed by atoms with Gasteiger partial charge in [-0.3, -0.25) is 4.79 Å². The van der Waals surface area contributed by atoms with Gasteiger partial charge in [-0.1, -0.05) is 18.2 Å². The summed E-state index contributed by atoms with van der Waals surface area (Å²) < 4.78 is 15.2. The molecule has 0 spiro atoms. The average Bonchev–Trinajstić information content (AvgIpc) is 2.81. The summed E-state index contributed by atoms with van der Waals surface area (Å²) in [7, 11) is 2.00. The number of hydrogen-bond donors (Lipinski definition) is 1.